The number of likely N-dealkylation sites (tertiary alicyclic amines) is 1. The van der Waals surface area contributed by atoms with Crippen molar-refractivity contribution in [2.24, 2.45) is 0 Å². The van der Waals surface area contributed by atoms with Crippen LogP contribution >= 0.6 is 23.2 Å². The maximum Gasteiger partial charge on any atom is 0.255 e. The van der Waals surface area contributed by atoms with Crippen molar-refractivity contribution >= 4 is 29.1 Å². The monoisotopic (exact) mass is 392 g/mol. The second-order valence-electron chi connectivity index (χ2n) is 6.76. The van der Waals surface area contributed by atoms with Crippen LogP contribution in [0.5, 0.6) is 5.75 Å². The number of benzene rings is 1. The highest BCUT2D eigenvalue weighted by atomic mass is 35.5. The zero-order valence-electron chi connectivity index (χ0n) is 14.9. The second-order valence-corrected chi connectivity index (χ2v) is 7.58. The number of rotatable bonds is 4. The maximum atomic E-state index is 13.0. The molecule has 1 aliphatic heterocycles. The number of ether oxygens (including phenoxy) is 1. The van der Waals surface area contributed by atoms with Crippen molar-refractivity contribution in [3.8, 4) is 5.75 Å². The molecule has 1 amide bonds. The summed E-state index contributed by atoms with van der Waals surface area (Å²) >= 11 is 12.3. The minimum atomic E-state index is 0.0230. The van der Waals surface area contributed by atoms with Crippen molar-refractivity contribution in [2.75, 3.05) is 0 Å². The van der Waals surface area contributed by atoms with E-state index in [9.17, 15) is 4.79 Å². The number of carbonyl (C=O) groups is 1. The van der Waals surface area contributed by atoms with Crippen molar-refractivity contribution < 1.29 is 9.53 Å². The molecule has 3 rings (SSSR count). The van der Waals surface area contributed by atoms with E-state index >= 15 is 0 Å². The van der Waals surface area contributed by atoms with Gasteiger partial charge in [0, 0.05) is 30.0 Å². The minimum absolute atomic E-state index is 0.0230. The number of halogens is 2. The number of para-hydroxylation sites is 1. The summed E-state index contributed by atoms with van der Waals surface area (Å²) in [6.45, 7) is 4.45. The van der Waals surface area contributed by atoms with Gasteiger partial charge in [-0.2, -0.15) is 0 Å². The third kappa shape index (κ3) is 4.13. The van der Waals surface area contributed by atoms with Gasteiger partial charge in [0.15, 0.2) is 5.75 Å². The summed E-state index contributed by atoms with van der Waals surface area (Å²) in [4.78, 5) is 19.1. The quantitative estimate of drug-likeness (QED) is 0.701. The molecule has 6 heteroatoms. The average Bonchev–Trinajstić information content (AvgIpc) is 2.61. The number of piperidine rings is 1. The Morgan fingerprint density at radius 3 is 2.50 bits per heavy atom. The van der Waals surface area contributed by atoms with Gasteiger partial charge in [-0.05, 0) is 51.3 Å². The SMILES string of the molecule is C[C@@H]1CCC[C@H](C)N1C(=O)c1cncc(COc2c(Cl)cccc2Cl)c1. The minimum Gasteiger partial charge on any atom is -0.486 e. The molecular weight excluding hydrogens is 371 g/mol. The van der Waals surface area contributed by atoms with E-state index in [-0.39, 0.29) is 24.6 Å². The molecule has 0 radical (unpaired) electrons. The third-order valence-corrected chi connectivity index (χ3v) is 5.37. The molecule has 0 spiro atoms. The summed E-state index contributed by atoms with van der Waals surface area (Å²) in [5.74, 6) is 0.459. The lowest BCUT2D eigenvalue weighted by molar-refractivity contribution is 0.0510. The van der Waals surface area contributed by atoms with Crippen LogP contribution in [0.15, 0.2) is 36.7 Å². The normalized spacial score (nSPS) is 20.1. The van der Waals surface area contributed by atoms with Gasteiger partial charge in [0.25, 0.3) is 5.91 Å². The first kappa shape index (κ1) is 19.0. The molecule has 1 fully saturated rings. The summed E-state index contributed by atoms with van der Waals surface area (Å²) in [6.07, 6.45) is 6.54. The van der Waals surface area contributed by atoms with Crippen LogP contribution in [-0.4, -0.2) is 27.9 Å². The highest BCUT2D eigenvalue weighted by Gasteiger charge is 2.29. The summed E-state index contributed by atoms with van der Waals surface area (Å²) in [7, 11) is 0. The first-order chi connectivity index (χ1) is 12.5. The largest absolute Gasteiger partial charge is 0.486 e. The van der Waals surface area contributed by atoms with Crippen LogP contribution in [0.4, 0.5) is 0 Å². The predicted molar refractivity (Wildman–Crippen MR) is 104 cm³/mol. The number of aromatic nitrogens is 1. The molecule has 0 N–H and O–H groups in total. The molecule has 26 heavy (non-hydrogen) atoms. The fourth-order valence-electron chi connectivity index (χ4n) is 3.43. The van der Waals surface area contributed by atoms with Gasteiger partial charge in [-0.1, -0.05) is 29.3 Å². The predicted octanol–water partition coefficient (Wildman–Crippen LogP) is 5.37. The molecule has 0 aliphatic carbocycles. The van der Waals surface area contributed by atoms with E-state index in [2.05, 4.69) is 18.8 Å². The fourth-order valence-corrected chi connectivity index (χ4v) is 3.94. The second kappa shape index (κ2) is 8.28. The molecule has 2 aromatic rings. The summed E-state index contributed by atoms with van der Waals surface area (Å²) in [5, 5.41) is 0.905. The van der Waals surface area contributed by atoms with Crippen molar-refractivity contribution in [2.45, 2.75) is 51.8 Å². The number of nitrogens with zero attached hydrogens (tertiary/aromatic N) is 2. The van der Waals surface area contributed by atoms with Gasteiger partial charge in [0.05, 0.1) is 15.6 Å². The molecule has 2 atom stereocenters. The molecule has 1 saturated heterocycles. The Kier molecular flexibility index (Phi) is 6.05. The van der Waals surface area contributed by atoms with E-state index in [1.165, 1.54) is 0 Å². The topological polar surface area (TPSA) is 42.4 Å². The van der Waals surface area contributed by atoms with Crippen LogP contribution in [-0.2, 0) is 6.61 Å². The van der Waals surface area contributed by atoms with Crippen LogP contribution < -0.4 is 4.74 Å². The standard InChI is InChI=1S/C20H22Cl2N2O2/c1-13-5-3-6-14(2)24(13)20(25)16-9-15(10-23-11-16)12-26-19-17(21)7-4-8-18(19)22/h4,7-11,13-14H,3,5-6,12H2,1-2H3/t13-,14+. The van der Waals surface area contributed by atoms with Gasteiger partial charge < -0.3 is 9.64 Å². The van der Waals surface area contributed by atoms with E-state index in [4.69, 9.17) is 27.9 Å². The molecule has 0 saturated carbocycles. The van der Waals surface area contributed by atoms with Gasteiger partial charge in [0.2, 0.25) is 0 Å². The smallest absolute Gasteiger partial charge is 0.255 e. The zero-order chi connectivity index (χ0) is 18.7. The lowest BCUT2D eigenvalue weighted by atomic mass is 9.96. The van der Waals surface area contributed by atoms with E-state index < -0.39 is 0 Å². The Morgan fingerprint density at radius 2 is 1.85 bits per heavy atom. The molecule has 138 valence electrons. The van der Waals surface area contributed by atoms with Gasteiger partial charge in [-0.25, -0.2) is 0 Å². The maximum absolute atomic E-state index is 13.0. The molecule has 4 nitrogen and oxygen atoms in total. The average molecular weight is 393 g/mol. The van der Waals surface area contributed by atoms with Crippen LogP contribution in [0.25, 0.3) is 0 Å². The van der Waals surface area contributed by atoms with E-state index in [0.717, 1.165) is 24.8 Å². The van der Waals surface area contributed by atoms with Crippen LogP contribution in [0, 0.1) is 0 Å². The summed E-state index contributed by atoms with van der Waals surface area (Å²) in [6, 6.07) is 7.52. The molecule has 1 aromatic carbocycles. The zero-order valence-corrected chi connectivity index (χ0v) is 16.4. The van der Waals surface area contributed by atoms with Gasteiger partial charge >= 0.3 is 0 Å². The lowest BCUT2D eigenvalue weighted by Crippen LogP contribution is -2.47. The highest BCUT2D eigenvalue weighted by Crippen LogP contribution is 2.33. The van der Waals surface area contributed by atoms with Gasteiger partial charge in [-0.3, -0.25) is 9.78 Å². The molecule has 0 unspecified atom stereocenters. The number of hydrogen-bond acceptors (Lipinski definition) is 3. The Labute approximate surface area is 164 Å². The Morgan fingerprint density at radius 1 is 1.19 bits per heavy atom. The van der Waals surface area contributed by atoms with Crippen molar-refractivity contribution in [1.29, 1.82) is 0 Å². The van der Waals surface area contributed by atoms with E-state index in [0.29, 0.717) is 21.4 Å². The number of hydrogen-bond donors (Lipinski definition) is 0. The van der Waals surface area contributed by atoms with Crippen LogP contribution in [0.1, 0.15) is 49.0 Å². The van der Waals surface area contributed by atoms with Crippen molar-refractivity contribution in [1.82, 2.24) is 9.88 Å². The molecule has 1 aromatic heterocycles. The van der Waals surface area contributed by atoms with E-state index in [1.54, 1.807) is 30.6 Å². The molecular formula is C20H22Cl2N2O2. The van der Waals surface area contributed by atoms with Crippen LogP contribution in [0.3, 0.4) is 0 Å². The van der Waals surface area contributed by atoms with Crippen molar-refractivity contribution in [3.63, 3.8) is 0 Å². The Hall–Kier alpha value is -1.78. The first-order valence-corrected chi connectivity index (χ1v) is 9.56. The molecule has 2 heterocycles. The third-order valence-electron chi connectivity index (χ3n) is 4.77. The highest BCUT2D eigenvalue weighted by molar-refractivity contribution is 6.37. The van der Waals surface area contributed by atoms with Crippen molar-refractivity contribution in [3.05, 3.63) is 57.8 Å². The Balaban J connectivity index is 1.75. The van der Waals surface area contributed by atoms with Gasteiger partial charge in [-0.15, -0.1) is 0 Å². The summed E-state index contributed by atoms with van der Waals surface area (Å²) < 4.78 is 5.75. The number of carbonyl (C=O) groups excluding carboxylic acids is 1. The number of amides is 1. The fraction of sp³-hybridized carbons (Fsp3) is 0.400. The van der Waals surface area contributed by atoms with E-state index in [1.807, 2.05) is 11.0 Å². The molecule has 0 bridgehead atoms. The molecule has 1 aliphatic rings. The first-order valence-electron chi connectivity index (χ1n) is 8.80. The summed E-state index contributed by atoms with van der Waals surface area (Å²) in [5.41, 5.74) is 1.38. The van der Waals surface area contributed by atoms with Crippen LogP contribution in [0.2, 0.25) is 10.0 Å². The number of pyridine rings is 1. The Bertz CT molecular complexity index is 767. The lowest BCUT2D eigenvalue weighted by Gasteiger charge is -2.39. The van der Waals surface area contributed by atoms with Gasteiger partial charge in [0.1, 0.15) is 6.61 Å².